The Labute approximate surface area is 114 Å². The first-order valence-electron chi connectivity index (χ1n) is 5.36. The number of rotatable bonds is 2. The van der Waals surface area contributed by atoms with E-state index in [2.05, 4.69) is 20.6 Å². The molecule has 0 spiro atoms. The van der Waals surface area contributed by atoms with Crippen LogP contribution in [0.2, 0.25) is 0 Å². The van der Waals surface area contributed by atoms with E-state index in [-0.39, 0.29) is 11.6 Å². The van der Waals surface area contributed by atoms with Crippen molar-refractivity contribution in [1.29, 1.82) is 0 Å². The van der Waals surface area contributed by atoms with Crippen LogP contribution in [-0.4, -0.2) is 57.3 Å². The van der Waals surface area contributed by atoms with Crippen LogP contribution in [0.1, 0.15) is 25.7 Å². The normalized spacial score (nSPS) is 15.4. The number of oxime groups is 4. The Morgan fingerprint density at radius 3 is 1.05 bits per heavy atom. The van der Waals surface area contributed by atoms with Gasteiger partial charge in [-0.25, -0.2) is 0 Å². The summed E-state index contributed by atoms with van der Waals surface area (Å²) in [6, 6.07) is 0. The summed E-state index contributed by atoms with van der Waals surface area (Å²) in [4.78, 5) is 20.9. The molecule has 0 aromatic heterocycles. The molecule has 0 atom stereocenters. The minimum absolute atomic E-state index is 0.170. The van der Waals surface area contributed by atoms with Gasteiger partial charge in [0.15, 0.2) is 11.6 Å². The molecule has 0 aromatic rings. The molecule has 0 unspecified atom stereocenters. The van der Waals surface area contributed by atoms with E-state index in [1.54, 1.807) is 0 Å². The molecule has 1 saturated carbocycles. The van der Waals surface area contributed by atoms with Gasteiger partial charge in [-0.05, 0) is 12.8 Å². The fourth-order valence-corrected chi connectivity index (χ4v) is 0.969. The van der Waals surface area contributed by atoms with Crippen LogP contribution in [0.3, 0.4) is 0 Å². The number of carbonyl (C=O) groups is 2. The number of Topliss-reactive ketones (excluding diaryl/α,β-unsaturated/α-hetero) is 2. The summed E-state index contributed by atoms with van der Waals surface area (Å²) in [5.41, 5.74) is 0. The topological polar surface area (TPSA) is 165 Å². The average Bonchev–Trinajstić information content (AvgIpc) is 2.47. The Bertz CT molecular complexity index is 322. The standard InChI is InChI=1S/C6H8O2.2C2H4N2O2/c7-5-3-1-2-4-6(5)8;2*5-3-1-2-4-6/h1-4H2;2*1-2,5-6H. The van der Waals surface area contributed by atoms with Crippen molar-refractivity contribution in [1.82, 2.24) is 0 Å². The maximum absolute atomic E-state index is 10.4. The largest absolute Gasteiger partial charge is 0.411 e. The van der Waals surface area contributed by atoms with Crippen LogP contribution in [0, 0.1) is 0 Å². The Kier molecular flexibility index (Phi) is 15.9. The van der Waals surface area contributed by atoms with Gasteiger partial charge in [-0.15, -0.1) is 0 Å². The molecule has 10 heteroatoms. The van der Waals surface area contributed by atoms with E-state index < -0.39 is 0 Å². The molecule has 1 rings (SSSR count). The first-order valence-corrected chi connectivity index (χ1v) is 5.36. The fraction of sp³-hybridized carbons (Fsp3) is 0.400. The molecule has 1 aliphatic rings. The summed E-state index contributed by atoms with van der Waals surface area (Å²) < 4.78 is 0. The quantitative estimate of drug-likeness (QED) is 0.250. The lowest BCUT2D eigenvalue weighted by Crippen LogP contribution is -2.17. The second-order valence-electron chi connectivity index (χ2n) is 3.11. The van der Waals surface area contributed by atoms with Crippen LogP contribution in [-0.2, 0) is 9.59 Å². The Hall–Kier alpha value is -2.78. The second kappa shape index (κ2) is 16.2. The molecule has 4 N–H and O–H groups in total. The van der Waals surface area contributed by atoms with Gasteiger partial charge in [0.2, 0.25) is 0 Å². The number of hydrogen-bond acceptors (Lipinski definition) is 10. The van der Waals surface area contributed by atoms with Gasteiger partial charge in [0.05, 0.1) is 24.9 Å². The molecule has 0 aromatic carbocycles. The molecule has 0 radical (unpaired) electrons. The Morgan fingerprint density at radius 2 is 0.900 bits per heavy atom. The lowest BCUT2D eigenvalue weighted by atomic mass is 9.98. The van der Waals surface area contributed by atoms with Gasteiger partial charge in [0.25, 0.3) is 0 Å². The maximum Gasteiger partial charge on any atom is 0.198 e. The molecule has 0 amide bonds. The zero-order chi connectivity index (χ0) is 15.6. The number of carbonyl (C=O) groups excluding carboxylic acids is 2. The van der Waals surface area contributed by atoms with Crippen molar-refractivity contribution in [3.05, 3.63) is 0 Å². The number of ketones is 2. The van der Waals surface area contributed by atoms with Gasteiger partial charge in [-0.3, -0.25) is 9.59 Å². The van der Waals surface area contributed by atoms with E-state index >= 15 is 0 Å². The van der Waals surface area contributed by atoms with Crippen molar-refractivity contribution in [3.8, 4) is 0 Å². The molecule has 1 aliphatic carbocycles. The number of nitrogens with zero attached hydrogens (tertiary/aromatic N) is 4. The fourth-order valence-electron chi connectivity index (χ4n) is 0.969. The summed E-state index contributed by atoms with van der Waals surface area (Å²) >= 11 is 0. The summed E-state index contributed by atoms with van der Waals surface area (Å²) in [7, 11) is 0. The highest BCUT2D eigenvalue weighted by atomic mass is 16.4. The highest BCUT2D eigenvalue weighted by molar-refractivity contribution is 6.37. The lowest BCUT2D eigenvalue weighted by molar-refractivity contribution is -0.137. The van der Waals surface area contributed by atoms with Gasteiger partial charge in [0, 0.05) is 12.8 Å². The Morgan fingerprint density at radius 1 is 0.650 bits per heavy atom. The van der Waals surface area contributed by atoms with E-state index in [1.807, 2.05) is 0 Å². The second-order valence-corrected chi connectivity index (χ2v) is 3.11. The van der Waals surface area contributed by atoms with Crippen molar-refractivity contribution in [2.45, 2.75) is 25.7 Å². The van der Waals surface area contributed by atoms with Crippen molar-refractivity contribution >= 4 is 36.4 Å². The van der Waals surface area contributed by atoms with Crippen molar-refractivity contribution in [3.63, 3.8) is 0 Å². The predicted molar refractivity (Wildman–Crippen MR) is 69.6 cm³/mol. The number of hydrogen-bond donors (Lipinski definition) is 4. The average molecular weight is 288 g/mol. The molecule has 0 heterocycles. The van der Waals surface area contributed by atoms with E-state index in [4.69, 9.17) is 20.8 Å². The zero-order valence-corrected chi connectivity index (χ0v) is 10.5. The molecule has 0 bridgehead atoms. The van der Waals surface area contributed by atoms with Gasteiger partial charge < -0.3 is 20.8 Å². The third kappa shape index (κ3) is 15.2. The van der Waals surface area contributed by atoms with Gasteiger partial charge >= 0.3 is 0 Å². The van der Waals surface area contributed by atoms with Gasteiger partial charge in [-0.1, -0.05) is 20.6 Å². The minimum Gasteiger partial charge on any atom is -0.411 e. The summed E-state index contributed by atoms with van der Waals surface area (Å²) in [6.45, 7) is 0. The maximum atomic E-state index is 10.4. The molecular weight excluding hydrogens is 272 g/mol. The predicted octanol–water partition coefficient (Wildman–Crippen LogP) is 0.511. The summed E-state index contributed by atoms with van der Waals surface area (Å²) in [5, 5.41) is 40.2. The van der Waals surface area contributed by atoms with Crippen LogP contribution in [0.4, 0.5) is 0 Å². The monoisotopic (exact) mass is 288 g/mol. The van der Waals surface area contributed by atoms with E-state index in [0.717, 1.165) is 37.7 Å². The van der Waals surface area contributed by atoms with Crippen molar-refractivity contribution in [2.24, 2.45) is 20.6 Å². The molecule has 20 heavy (non-hydrogen) atoms. The zero-order valence-electron chi connectivity index (χ0n) is 10.5. The van der Waals surface area contributed by atoms with Gasteiger partial charge in [0.1, 0.15) is 0 Å². The van der Waals surface area contributed by atoms with Gasteiger partial charge in [-0.2, -0.15) is 0 Å². The van der Waals surface area contributed by atoms with Crippen LogP contribution in [0.15, 0.2) is 20.6 Å². The third-order valence-corrected chi connectivity index (χ3v) is 1.77. The highest BCUT2D eigenvalue weighted by Crippen LogP contribution is 2.09. The van der Waals surface area contributed by atoms with Crippen LogP contribution in [0.5, 0.6) is 0 Å². The molecule has 10 nitrogen and oxygen atoms in total. The van der Waals surface area contributed by atoms with Crippen LogP contribution in [0.25, 0.3) is 0 Å². The molecule has 0 aliphatic heterocycles. The van der Waals surface area contributed by atoms with Crippen LogP contribution < -0.4 is 0 Å². The SMILES string of the molecule is O=C1CCCCC1=O.ON=CC=NO.ON=CC=NO. The van der Waals surface area contributed by atoms with E-state index in [9.17, 15) is 9.59 Å². The first-order chi connectivity index (χ1) is 9.63. The van der Waals surface area contributed by atoms with Crippen molar-refractivity contribution < 1.29 is 30.4 Å². The minimum atomic E-state index is -0.170. The highest BCUT2D eigenvalue weighted by Gasteiger charge is 2.16. The molecular formula is C10H16N4O6. The lowest BCUT2D eigenvalue weighted by Gasteiger charge is -2.04. The molecule has 0 saturated heterocycles. The van der Waals surface area contributed by atoms with Crippen molar-refractivity contribution in [2.75, 3.05) is 0 Å². The van der Waals surface area contributed by atoms with Crippen LogP contribution >= 0.6 is 0 Å². The third-order valence-electron chi connectivity index (χ3n) is 1.77. The molecule has 1 fully saturated rings. The Balaban J connectivity index is 0. The smallest absolute Gasteiger partial charge is 0.198 e. The molecule has 112 valence electrons. The summed E-state index contributed by atoms with van der Waals surface area (Å²) in [6.07, 6.45) is 6.56. The van der Waals surface area contributed by atoms with E-state index in [0.29, 0.717) is 12.8 Å². The summed E-state index contributed by atoms with van der Waals surface area (Å²) in [5.74, 6) is -0.340. The first kappa shape index (κ1) is 19.6. The van der Waals surface area contributed by atoms with E-state index in [1.165, 1.54) is 0 Å².